The Morgan fingerprint density at radius 2 is 1.81 bits per heavy atom. The molecule has 6 heteroatoms. The number of aliphatic hydroxyl groups excluding tert-OH is 3. The van der Waals surface area contributed by atoms with Crippen LogP contribution in [0.5, 0.6) is 0 Å². The fourth-order valence-corrected chi connectivity index (χ4v) is 7.90. The zero-order chi connectivity index (χ0) is 18.9. The van der Waals surface area contributed by atoms with Gasteiger partial charge in [-0.05, 0) is 42.6 Å². The van der Waals surface area contributed by atoms with E-state index in [9.17, 15) is 25.2 Å². The summed E-state index contributed by atoms with van der Waals surface area (Å²) in [4.78, 5) is 13.3. The first-order valence-corrected chi connectivity index (χ1v) is 9.71. The highest BCUT2D eigenvalue weighted by Crippen LogP contribution is 2.76. The maximum Gasteiger partial charge on any atom is 0.208 e. The van der Waals surface area contributed by atoms with E-state index < -0.39 is 58.5 Å². The first-order chi connectivity index (χ1) is 12.1. The second-order valence-corrected chi connectivity index (χ2v) is 9.97. The van der Waals surface area contributed by atoms with Crippen LogP contribution in [0.4, 0.5) is 0 Å². The molecule has 9 atom stereocenters. The maximum atomic E-state index is 13.3. The molecule has 6 nitrogen and oxygen atoms in total. The number of ether oxygens (including phenoxy) is 1. The zero-order valence-corrected chi connectivity index (χ0v) is 15.3. The molecular weight excluding hydrogens is 336 g/mol. The Bertz CT molecular complexity index is 717. The van der Waals surface area contributed by atoms with E-state index in [-0.39, 0.29) is 12.0 Å². The average Bonchev–Trinajstić information content (AvgIpc) is 2.69. The fraction of sp³-hybridized carbons (Fsp3) is 0.850. The van der Waals surface area contributed by atoms with Crippen molar-refractivity contribution in [2.24, 2.45) is 34.0 Å². The first kappa shape index (κ1) is 17.3. The van der Waals surface area contributed by atoms with Crippen LogP contribution < -0.4 is 0 Å². The van der Waals surface area contributed by atoms with Gasteiger partial charge in [0.25, 0.3) is 0 Å². The molecule has 0 aromatic rings. The van der Waals surface area contributed by atoms with Crippen molar-refractivity contribution < 1.29 is 30.0 Å². The van der Waals surface area contributed by atoms with Gasteiger partial charge in [-0.3, -0.25) is 4.79 Å². The lowest BCUT2D eigenvalue weighted by molar-refractivity contribution is -0.458. The van der Waals surface area contributed by atoms with Crippen LogP contribution in [0, 0.1) is 34.0 Å². The first-order valence-electron chi connectivity index (χ1n) is 9.71. The van der Waals surface area contributed by atoms with Crippen molar-refractivity contribution in [3.63, 3.8) is 0 Å². The summed E-state index contributed by atoms with van der Waals surface area (Å²) in [5.41, 5.74) is -2.49. The van der Waals surface area contributed by atoms with Crippen LogP contribution in [-0.2, 0) is 9.53 Å². The predicted molar refractivity (Wildman–Crippen MR) is 90.7 cm³/mol. The van der Waals surface area contributed by atoms with Crippen molar-refractivity contribution in [1.82, 2.24) is 0 Å². The van der Waals surface area contributed by atoms with Gasteiger partial charge in [-0.15, -0.1) is 0 Å². The van der Waals surface area contributed by atoms with E-state index in [0.717, 1.165) is 6.42 Å². The molecule has 0 amide bonds. The quantitative estimate of drug-likeness (QED) is 0.463. The van der Waals surface area contributed by atoms with E-state index in [1.165, 1.54) is 0 Å². The van der Waals surface area contributed by atoms with Crippen LogP contribution in [0.2, 0.25) is 0 Å². The molecule has 2 aliphatic heterocycles. The summed E-state index contributed by atoms with van der Waals surface area (Å²) >= 11 is 0. The highest BCUT2D eigenvalue weighted by molar-refractivity contribution is 6.05. The van der Waals surface area contributed by atoms with Crippen LogP contribution >= 0.6 is 0 Å². The lowest BCUT2D eigenvalue weighted by Crippen LogP contribution is -2.85. The Labute approximate surface area is 152 Å². The van der Waals surface area contributed by atoms with E-state index in [2.05, 4.69) is 6.58 Å². The molecule has 4 N–H and O–H groups in total. The summed E-state index contributed by atoms with van der Waals surface area (Å²) in [6.45, 7) is 8.07. The summed E-state index contributed by atoms with van der Waals surface area (Å²) in [5, 5.41) is 45.1. The van der Waals surface area contributed by atoms with Crippen molar-refractivity contribution in [2.45, 2.75) is 63.6 Å². The summed E-state index contributed by atoms with van der Waals surface area (Å²) in [6.07, 6.45) is -0.747. The van der Waals surface area contributed by atoms with Gasteiger partial charge in [-0.2, -0.15) is 0 Å². The summed E-state index contributed by atoms with van der Waals surface area (Å²) in [5.74, 6) is -3.80. The standard InChI is InChI=1S/C20H28O6/c1-9-10-4-5-11-18-8-26-20(25,19(11,14(9)22)15(10)23)16(24)13(18)17(2,3)7-6-12(18)21/h10-13,15-16,21,23-25H,1,4-8H2,2-3H3/t10-,11?,12-,13+,15+,16-,18+,19?,20+/m0/s1. The van der Waals surface area contributed by atoms with Gasteiger partial charge in [0.05, 0.1) is 18.8 Å². The molecule has 0 aromatic heterocycles. The molecule has 6 fully saturated rings. The Hall–Kier alpha value is -0.790. The van der Waals surface area contributed by atoms with Crippen molar-refractivity contribution in [3.05, 3.63) is 12.2 Å². The number of ketones is 1. The van der Waals surface area contributed by atoms with Gasteiger partial charge in [0.15, 0.2) is 5.78 Å². The monoisotopic (exact) mass is 364 g/mol. The number of fused-ring (bicyclic) bond motifs is 2. The Morgan fingerprint density at radius 1 is 1.12 bits per heavy atom. The largest absolute Gasteiger partial charge is 0.392 e. The molecule has 26 heavy (non-hydrogen) atoms. The van der Waals surface area contributed by atoms with Crippen molar-refractivity contribution >= 4 is 5.78 Å². The highest BCUT2D eigenvalue weighted by atomic mass is 16.6. The molecule has 2 saturated heterocycles. The minimum Gasteiger partial charge on any atom is -0.392 e. The number of hydrogen-bond acceptors (Lipinski definition) is 6. The number of aliphatic hydroxyl groups is 4. The van der Waals surface area contributed by atoms with Crippen LogP contribution in [-0.4, -0.2) is 56.9 Å². The van der Waals surface area contributed by atoms with E-state index in [4.69, 9.17) is 4.74 Å². The van der Waals surface area contributed by atoms with Gasteiger partial charge in [0.2, 0.25) is 5.79 Å². The van der Waals surface area contributed by atoms with Gasteiger partial charge in [0.1, 0.15) is 11.5 Å². The topological polar surface area (TPSA) is 107 Å². The number of Topliss-reactive ketones (excluding diaryl/α,β-unsaturated/α-hetero) is 1. The van der Waals surface area contributed by atoms with Gasteiger partial charge < -0.3 is 25.2 Å². The fourth-order valence-electron chi connectivity index (χ4n) is 7.90. The van der Waals surface area contributed by atoms with Crippen molar-refractivity contribution in [2.75, 3.05) is 6.61 Å². The molecule has 2 heterocycles. The third-order valence-electron chi connectivity index (χ3n) is 8.88. The van der Waals surface area contributed by atoms with Crippen LogP contribution in [0.25, 0.3) is 0 Å². The van der Waals surface area contributed by atoms with Crippen LogP contribution in [0.1, 0.15) is 39.5 Å². The molecule has 0 radical (unpaired) electrons. The molecular formula is C20H28O6. The second-order valence-electron chi connectivity index (χ2n) is 9.97. The summed E-state index contributed by atoms with van der Waals surface area (Å²) in [6, 6.07) is 0. The van der Waals surface area contributed by atoms with E-state index >= 15 is 0 Å². The molecule has 4 bridgehead atoms. The molecule has 4 saturated carbocycles. The van der Waals surface area contributed by atoms with Gasteiger partial charge in [-0.25, -0.2) is 0 Å². The van der Waals surface area contributed by atoms with Crippen molar-refractivity contribution in [3.8, 4) is 0 Å². The molecule has 6 rings (SSSR count). The molecule has 2 spiro atoms. The zero-order valence-electron chi connectivity index (χ0n) is 15.3. The number of hydrogen-bond donors (Lipinski definition) is 4. The molecule has 2 unspecified atom stereocenters. The SMILES string of the molecule is C=C1C(=O)C23C(CC[C@@H]1[C@H]2O)[C@@]12CO[C@]3(O)[C@@H](O)[C@@H]1C(C)(C)CC[C@@H]2O. The van der Waals surface area contributed by atoms with Crippen molar-refractivity contribution in [1.29, 1.82) is 0 Å². The molecule has 6 aliphatic rings. The lowest BCUT2D eigenvalue weighted by Gasteiger charge is -2.74. The minimum absolute atomic E-state index is 0.0966. The van der Waals surface area contributed by atoms with E-state index in [0.29, 0.717) is 24.8 Å². The van der Waals surface area contributed by atoms with Gasteiger partial charge in [0, 0.05) is 17.3 Å². The average molecular weight is 364 g/mol. The maximum absolute atomic E-state index is 13.3. The molecule has 144 valence electrons. The molecule has 0 aromatic carbocycles. The van der Waals surface area contributed by atoms with E-state index in [1.54, 1.807) is 0 Å². The minimum atomic E-state index is -2.15. The lowest BCUT2D eigenvalue weighted by atomic mass is 9.35. The van der Waals surface area contributed by atoms with Crippen LogP contribution in [0.3, 0.4) is 0 Å². The van der Waals surface area contributed by atoms with Gasteiger partial charge in [-0.1, -0.05) is 20.4 Å². The molecule has 4 aliphatic carbocycles. The third kappa shape index (κ3) is 1.41. The third-order valence-corrected chi connectivity index (χ3v) is 8.88. The Morgan fingerprint density at radius 3 is 2.50 bits per heavy atom. The van der Waals surface area contributed by atoms with Gasteiger partial charge >= 0.3 is 0 Å². The highest BCUT2D eigenvalue weighted by Gasteiger charge is 2.86. The summed E-state index contributed by atoms with van der Waals surface area (Å²) in [7, 11) is 0. The Kier molecular flexibility index (Phi) is 3.07. The number of carbonyl (C=O) groups is 1. The predicted octanol–water partition coefficient (Wildman–Crippen LogP) is 0.376. The number of rotatable bonds is 0. The summed E-state index contributed by atoms with van der Waals surface area (Å²) < 4.78 is 5.80. The second kappa shape index (κ2) is 4.61. The smallest absolute Gasteiger partial charge is 0.208 e. The normalized spacial score (nSPS) is 59.9. The Balaban J connectivity index is 1.81. The number of carbonyl (C=O) groups excluding carboxylic acids is 1. The van der Waals surface area contributed by atoms with E-state index in [1.807, 2.05) is 13.8 Å². The van der Waals surface area contributed by atoms with Crippen LogP contribution in [0.15, 0.2) is 12.2 Å².